The molecule has 16 heavy (non-hydrogen) atoms. The van der Waals surface area contributed by atoms with E-state index in [4.69, 9.17) is 22.1 Å². The van der Waals surface area contributed by atoms with Gasteiger partial charge in [-0.1, -0.05) is 11.6 Å². The minimum Gasteiger partial charge on any atom is -0.474 e. The quantitative estimate of drug-likeness (QED) is 0.880. The van der Waals surface area contributed by atoms with Crippen molar-refractivity contribution >= 4 is 17.4 Å². The molecule has 0 aromatic carbocycles. The van der Waals surface area contributed by atoms with E-state index in [0.29, 0.717) is 0 Å². The summed E-state index contributed by atoms with van der Waals surface area (Å²) in [5.41, 5.74) is 4.35. The SMILES string of the molecule is Nc1nc(OC2CC2)c(C(F)(F)F)cc1Cl. The Kier molecular flexibility index (Phi) is 2.61. The maximum absolute atomic E-state index is 12.6. The third-order valence-electron chi connectivity index (χ3n) is 2.08. The number of nitrogens with two attached hydrogens (primary N) is 1. The average molecular weight is 253 g/mol. The number of pyridine rings is 1. The molecule has 1 aromatic rings. The van der Waals surface area contributed by atoms with Crippen LogP contribution in [-0.4, -0.2) is 11.1 Å². The summed E-state index contributed by atoms with van der Waals surface area (Å²) >= 11 is 5.50. The van der Waals surface area contributed by atoms with E-state index in [9.17, 15) is 13.2 Å². The summed E-state index contributed by atoms with van der Waals surface area (Å²) in [4.78, 5) is 3.52. The van der Waals surface area contributed by atoms with Crippen LogP contribution in [0.25, 0.3) is 0 Å². The first-order chi connectivity index (χ1) is 7.38. The summed E-state index contributed by atoms with van der Waals surface area (Å²) in [6.45, 7) is 0. The molecule has 3 nitrogen and oxygen atoms in total. The second kappa shape index (κ2) is 3.69. The van der Waals surface area contributed by atoms with Crippen molar-refractivity contribution in [2.24, 2.45) is 0 Å². The molecule has 1 aliphatic carbocycles. The van der Waals surface area contributed by atoms with Gasteiger partial charge in [-0.15, -0.1) is 0 Å². The Morgan fingerprint density at radius 3 is 2.56 bits per heavy atom. The predicted molar refractivity (Wildman–Crippen MR) is 52.3 cm³/mol. The summed E-state index contributed by atoms with van der Waals surface area (Å²) < 4.78 is 42.9. The summed E-state index contributed by atoms with van der Waals surface area (Å²) in [5.74, 6) is -0.651. The lowest BCUT2D eigenvalue weighted by Crippen LogP contribution is -2.12. The molecule has 0 aliphatic heterocycles. The highest BCUT2D eigenvalue weighted by Gasteiger charge is 2.38. The predicted octanol–water partition coefficient (Wildman–Crippen LogP) is 2.88. The normalized spacial score (nSPS) is 16.2. The molecule has 1 aromatic heterocycles. The van der Waals surface area contributed by atoms with Crippen LogP contribution in [-0.2, 0) is 6.18 Å². The van der Waals surface area contributed by atoms with Gasteiger partial charge in [0.15, 0.2) is 0 Å². The van der Waals surface area contributed by atoms with Crippen LogP contribution in [0.5, 0.6) is 5.88 Å². The minimum absolute atomic E-state index is 0.162. The molecule has 0 amide bonds. The van der Waals surface area contributed by atoms with Crippen molar-refractivity contribution < 1.29 is 17.9 Å². The van der Waals surface area contributed by atoms with Gasteiger partial charge < -0.3 is 10.5 Å². The van der Waals surface area contributed by atoms with Gasteiger partial charge in [0, 0.05) is 0 Å². The van der Waals surface area contributed by atoms with Gasteiger partial charge >= 0.3 is 6.18 Å². The van der Waals surface area contributed by atoms with E-state index >= 15 is 0 Å². The maximum Gasteiger partial charge on any atom is 0.421 e. The van der Waals surface area contributed by atoms with Gasteiger partial charge in [0.05, 0.1) is 5.02 Å². The van der Waals surface area contributed by atoms with Crippen molar-refractivity contribution in [1.82, 2.24) is 4.98 Å². The lowest BCUT2D eigenvalue weighted by Gasteiger charge is -2.13. The molecule has 0 saturated heterocycles. The topological polar surface area (TPSA) is 48.1 Å². The maximum atomic E-state index is 12.6. The van der Waals surface area contributed by atoms with Crippen LogP contribution in [0, 0.1) is 0 Å². The fourth-order valence-electron chi connectivity index (χ4n) is 1.12. The van der Waals surface area contributed by atoms with Gasteiger partial charge in [0.25, 0.3) is 0 Å². The van der Waals surface area contributed by atoms with Crippen molar-refractivity contribution in [3.8, 4) is 5.88 Å². The largest absolute Gasteiger partial charge is 0.474 e. The van der Waals surface area contributed by atoms with Crippen LogP contribution in [0.15, 0.2) is 6.07 Å². The zero-order valence-corrected chi connectivity index (χ0v) is 8.77. The average Bonchev–Trinajstić information content (AvgIpc) is 2.93. The highest BCUT2D eigenvalue weighted by atomic mass is 35.5. The molecule has 1 aliphatic rings. The summed E-state index contributed by atoms with van der Waals surface area (Å²) in [5, 5.41) is -0.226. The Balaban J connectivity index is 2.42. The lowest BCUT2D eigenvalue weighted by atomic mass is 10.2. The third kappa shape index (κ3) is 2.32. The highest BCUT2D eigenvalue weighted by molar-refractivity contribution is 6.32. The van der Waals surface area contributed by atoms with Crippen LogP contribution >= 0.6 is 11.6 Å². The van der Waals surface area contributed by atoms with Crippen LogP contribution in [0.2, 0.25) is 5.02 Å². The first kappa shape index (κ1) is 11.3. The number of hydrogen-bond donors (Lipinski definition) is 1. The fourth-order valence-corrected chi connectivity index (χ4v) is 1.27. The Labute approximate surface area is 94.4 Å². The Hall–Kier alpha value is -1.17. The number of hydrogen-bond acceptors (Lipinski definition) is 3. The Morgan fingerprint density at radius 1 is 1.44 bits per heavy atom. The van der Waals surface area contributed by atoms with Crippen molar-refractivity contribution in [2.75, 3.05) is 5.73 Å². The molecule has 0 bridgehead atoms. The minimum atomic E-state index is -4.55. The van der Waals surface area contributed by atoms with Crippen LogP contribution in [0.1, 0.15) is 18.4 Å². The summed E-state index contributed by atoms with van der Waals surface area (Å²) in [6, 6.07) is 0.738. The van der Waals surface area contributed by atoms with E-state index in [0.717, 1.165) is 18.9 Å². The van der Waals surface area contributed by atoms with Gasteiger partial charge in [-0.2, -0.15) is 18.2 Å². The zero-order valence-electron chi connectivity index (χ0n) is 8.01. The second-order valence-electron chi connectivity index (χ2n) is 3.52. The lowest BCUT2D eigenvalue weighted by molar-refractivity contribution is -0.139. The number of nitrogen functional groups attached to an aromatic ring is 1. The molecule has 1 saturated carbocycles. The van der Waals surface area contributed by atoms with Crippen LogP contribution in [0.3, 0.4) is 0 Å². The number of ether oxygens (including phenoxy) is 1. The first-order valence-electron chi connectivity index (χ1n) is 4.58. The highest BCUT2D eigenvalue weighted by Crippen LogP contribution is 2.40. The van der Waals surface area contributed by atoms with Crippen LogP contribution in [0.4, 0.5) is 19.0 Å². The molecular weight excluding hydrogens is 245 g/mol. The van der Waals surface area contributed by atoms with Gasteiger partial charge in [0.1, 0.15) is 17.5 Å². The fraction of sp³-hybridized carbons (Fsp3) is 0.444. The van der Waals surface area contributed by atoms with Crippen molar-refractivity contribution in [3.05, 3.63) is 16.7 Å². The molecule has 7 heteroatoms. The van der Waals surface area contributed by atoms with E-state index < -0.39 is 17.6 Å². The van der Waals surface area contributed by atoms with Crippen molar-refractivity contribution in [1.29, 1.82) is 0 Å². The monoisotopic (exact) mass is 252 g/mol. The Bertz CT molecular complexity index is 418. The van der Waals surface area contributed by atoms with Crippen molar-refractivity contribution in [2.45, 2.75) is 25.1 Å². The van der Waals surface area contributed by atoms with E-state index in [1.807, 2.05) is 0 Å². The van der Waals surface area contributed by atoms with Gasteiger partial charge in [0.2, 0.25) is 5.88 Å². The molecule has 1 heterocycles. The van der Waals surface area contributed by atoms with E-state index in [1.54, 1.807) is 0 Å². The standard InChI is InChI=1S/C9H8ClF3N2O/c10-6-3-5(9(11,12)13)8(15-7(6)14)16-4-1-2-4/h3-4H,1-2H2,(H2,14,15). The van der Waals surface area contributed by atoms with Gasteiger partial charge in [-0.3, -0.25) is 0 Å². The zero-order chi connectivity index (χ0) is 11.9. The Morgan fingerprint density at radius 2 is 2.06 bits per heavy atom. The summed E-state index contributed by atoms with van der Waals surface area (Å²) in [7, 11) is 0. The number of alkyl halides is 3. The molecule has 0 atom stereocenters. The van der Waals surface area contributed by atoms with Crippen LogP contribution < -0.4 is 10.5 Å². The molecule has 0 radical (unpaired) electrons. The molecule has 88 valence electrons. The van der Waals surface area contributed by atoms with Gasteiger partial charge in [-0.25, -0.2) is 0 Å². The molecule has 2 rings (SSSR count). The molecular formula is C9H8ClF3N2O. The third-order valence-corrected chi connectivity index (χ3v) is 2.38. The second-order valence-corrected chi connectivity index (χ2v) is 3.93. The molecule has 0 unspecified atom stereocenters. The van der Waals surface area contributed by atoms with E-state index in [1.165, 1.54) is 0 Å². The smallest absolute Gasteiger partial charge is 0.421 e. The van der Waals surface area contributed by atoms with Gasteiger partial charge in [-0.05, 0) is 18.9 Å². The van der Waals surface area contributed by atoms with E-state index in [2.05, 4.69) is 4.98 Å². The van der Waals surface area contributed by atoms with E-state index in [-0.39, 0.29) is 16.9 Å². The first-order valence-corrected chi connectivity index (χ1v) is 4.95. The molecule has 2 N–H and O–H groups in total. The number of rotatable bonds is 2. The number of anilines is 1. The molecule has 0 spiro atoms. The number of halogens is 4. The number of aromatic nitrogens is 1. The molecule has 1 fully saturated rings. The summed E-state index contributed by atoms with van der Waals surface area (Å²) in [6.07, 6.45) is -3.26. The van der Waals surface area contributed by atoms with Crippen molar-refractivity contribution in [3.63, 3.8) is 0 Å². The number of nitrogens with zero attached hydrogens (tertiary/aromatic N) is 1.